The summed E-state index contributed by atoms with van der Waals surface area (Å²) in [6.07, 6.45) is -3.35. The van der Waals surface area contributed by atoms with Gasteiger partial charge in [-0.15, -0.1) is 0 Å². The molecule has 2 fully saturated rings. The number of carbonyl (C=O) groups excluding carboxylic acids is 1. The van der Waals surface area contributed by atoms with Gasteiger partial charge in [-0.25, -0.2) is 13.9 Å². The van der Waals surface area contributed by atoms with Crippen LogP contribution in [0.5, 0.6) is 0 Å². The maximum atomic E-state index is 15.6. The molecule has 0 bridgehead atoms. The Morgan fingerprint density at radius 2 is 2.24 bits per heavy atom. The monoisotopic (exact) mass is 538 g/mol. The fraction of sp³-hybridized carbons (Fsp3) is 0.667. The van der Waals surface area contributed by atoms with Gasteiger partial charge >= 0.3 is 7.82 Å². The van der Waals surface area contributed by atoms with Gasteiger partial charge in [-0.1, -0.05) is 44.1 Å². The van der Waals surface area contributed by atoms with Crippen molar-refractivity contribution in [2.75, 3.05) is 37.1 Å². The Bertz CT molecular complexity index is 1150. The molecule has 2 aliphatic rings. The quantitative estimate of drug-likeness (QED) is 0.315. The van der Waals surface area contributed by atoms with Crippen LogP contribution in [0.2, 0.25) is 0 Å². The van der Waals surface area contributed by atoms with E-state index in [9.17, 15) is 9.36 Å². The smallest absolute Gasteiger partial charge is 0.371 e. The molecule has 0 spiro atoms. The SMILES string of the molecule is CNc1nc(N)nc2c1ncn2[C@@H]1O[C@]2(Cl)COP(=O)(OCCSC(=O)C(C)(C)C)O[C@H]2[C@H]1F. The minimum atomic E-state index is -4.15. The minimum absolute atomic E-state index is 0.0473. The van der Waals surface area contributed by atoms with Gasteiger partial charge in [0.25, 0.3) is 0 Å². The highest BCUT2D eigenvalue weighted by Gasteiger charge is 2.63. The number of carbonyl (C=O) groups is 1. The van der Waals surface area contributed by atoms with Gasteiger partial charge in [-0.3, -0.25) is 22.9 Å². The summed E-state index contributed by atoms with van der Waals surface area (Å²) < 4.78 is 51.4. The Kier molecular flexibility index (Phi) is 6.88. The van der Waals surface area contributed by atoms with E-state index in [1.807, 2.05) is 0 Å². The van der Waals surface area contributed by atoms with Crippen LogP contribution in [0.3, 0.4) is 0 Å². The standard InChI is InChI=1S/C18H25ClFN6O6PS/c1-17(2,3)15(27)34-6-5-29-33(28)30-7-18(19)11(32-33)9(20)14(31-18)26-8-23-10-12(22-4)24-16(21)25-13(10)26/h8-9,11,14H,5-7H2,1-4H3,(H3,21,22,24,25)/t9-,11+,14-,18-,33?/m1/s1. The van der Waals surface area contributed by atoms with E-state index >= 15 is 4.39 Å². The van der Waals surface area contributed by atoms with E-state index in [-0.39, 0.29) is 29.1 Å². The van der Waals surface area contributed by atoms with Crippen molar-refractivity contribution >= 4 is 59.2 Å². The molecule has 5 atom stereocenters. The van der Waals surface area contributed by atoms with Crippen LogP contribution in [0.15, 0.2) is 6.33 Å². The van der Waals surface area contributed by atoms with Crippen LogP contribution in [-0.2, 0) is 27.7 Å². The molecule has 4 rings (SSSR count). The van der Waals surface area contributed by atoms with Gasteiger partial charge in [0.2, 0.25) is 5.95 Å². The normalized spacial score (nSPS) is 31.5. The van der Waals surface area contributed by atoms with Crippen LogP contribution in [-0.4, -0.2) is 68.0 Å². The molecule has 0 radical (unpaired) electrons. The molecule has 188 valence electrons. The molecule has 2 aliphatic heterocycles. The number of aromatic nitrogens is 4. The molecule has 12 nitrogen and oxygen atoms in total. The van der Waals surface area contributed by atoms with Gasteiger partial charge in [-0.2, -0.15) is 9.97 Å². The number of halogens is 2. The number of imidazole rings is 1. The fourth-order valence-corrected chi connectivity index (χ4v) is 6.16. The maximum absolute atomic E-state index is 15.6. The Morgan fingerprint density at radius 3 is 2.91 bits per heavy atom. The highest BCUT2D eigenvalue weighted by Crippen LogP contribution is 2.61. The molecule has 3 N–H and O–H groups in total. The number of hydrogen-bond acceptors (Lipinski definition) is 12. The Balaban J connectivity index is 1.48. The lowest BCUT2D eigenvalue weighted by atomic mass is 10.00. The largest absolute Gasteiger partial charge is 0.475 e. The lowest BCUT2D eigenvalue weighted by molar-refractivity contribution is -0.117. The van der Waals surface area contributed by atoms with E-state index in [2.05, 4.69) is 20.3 Å². The second-order valence-corrected chi connectivity index (χ2v) is 12.0. The van der Waals surface area contributed by atoms with Gasteiger partial charge in [-0.05, 0) is 0 Å². The third-order valence-corrected chi connectivity index (χ3v) is 8.18. The first-order valence-corrected chi connectivity index (χ1v) is 13.1. The zero-order chi connectivity index (χ0) is 24.9. The van der Waals surface area contributed by atoms with Crippen LogP contribution < -0.4 is 11.1 Å². The minimum Gasteiger partial charge on any atom is -0.371 e. The lowest BCUT2D eigenvalue weighted by Gasteiger charge is -2.35. The topological polar surface area (TPSA) is 153 Å². The zero-order valence-corrected chi connectivity index (χ0v) is 21.3. The molecule has 0 amide bonds. The number of phosphoric acid groups is 1. The van der Waals surface area contributed by atoms with Gasteiger partial charge in [0.1, 0.15) is 6.61 Å². The van der Waals surface area contributed by atoms with Gasteiger partial charge in [0, 0.05) is 18.2 Å². The number of nitrogens with one attached hydrogen (secondary N) is 1. The van der Waals surface area contributed by atoms with Crippen LogP contribution in [0.4, 0.5) is 16.2 Å². The number of nitrogen functional groups attached to an aromatic ring is 1. The summed E-state index contributed by atoms with van der Waals surface area (Å²) in [6.45, 7) is 4.81. The lowest BCUT2D eigenvalue weighted by Crippen LogP contribution is -2.46. The van der Waals surface area contributed by atoms with Crippen LogP contribution >= 0.6 is 31.2 Å². The van der Waals surface area contributed by atoms with E-state index in [1.165, 1.54) is 10.9 Å². The van der Waals surface area contributed by atoms with E-state index in [0.717, 1.165) is 11.8 Å². The zero-order valence-electron chi connectivity index (χ0n) is 18.9. The number of thioether (sulfide) groups is 1. The number of fused-ring (bicyclic) bond motifs is 2. The molecule has 2 saturated heterocycles. The Labute approximate surface area is 204 Å². The van der Waals surface area contributed by atoms with Gasteiger partial charge in [0.15, 0.2) is 45.7 Å². The summed E-state index contributed by atoms with van der Waals surface area (Å²) >= 11 is 7.49. The van der Waals surface area contributed by atoms with E-state index in [1.54, 1.807) is 27.8 Å². The van der Waals surface area contributed by atoms with Crippen molar-refractivity contribution in [3.63, 3.8) is 0 Å². The predicted molar refractivity (Wildman–Crippen MR) is 124 cm³/mol. The maximum Gasteiger partial charge on any atom is 0.475 e. The summed E-state index contributed by atoms with van der Waals surface area (Å²) in [5.41, 5.74) is 5.79. The van der Waals surface area contributed by atoms with Gasteiger partial charge < -0.3 is 15.8 Å². The summed E-state index contributed by atoms with van der Waals surface area (Å²) in [5.74, 6) is 0.524. The summed E-state index contributed by atoms with van der Waals surface area (Å²) in [6, 6.07) is 0. The van der Waals surface area contributed by atoms with Crippen molar-refractivity contribution in [3.05, 3.63) is 6.33 Å². The molecule has 1 unspecified atom stereocenters. The average molecular weight is 539 g/mol. The van der Waals surface area contributed by atoms with Crippen molar-refractivity contribution in [2.24, 2.45) is 5.41 Å². The number of nitrogens with two attached hydrogens (primary N) is 1. The molecule has 34 heavy (non-hydrogen) atoms. The molecule has 0 saturated carbocycles. The predicted octanol–water partition coefficient (Wildman–Crippen LogP) is 3.10. The molecule has 4 heterocycles. The third-order valence-electron chi connectivity index (χ3n) is 5.09. The second kappa shape index (κ2) is 9.16. The number of rotatable bonds is 6. The molecule has 2 aromatic heterocycles. The molecule has 0 aliphatic carbocycles. The first-order chi connectivity index (χ1) is 15.9. The molecule has 0 aromatic carbocycles. The highest BCUT2D eigenvalue weighted by atomic mass is 35.5. The molecule has 2 aromatic rings. The van der Waals surface area contributed by atoms with Crippen molar-refractivity contribution in [1.29, 1.82) is 0 Å². The second-order valence-electron chi connectivity index (χ2n) is 8.71. The van der Waals surface area contributed by atoms with Crippen molar-refractivity contribution in [3.8, 4) is 0 Å². The van der Waals surface area contributed by atoms with Crippen molar-refractivity contribution < 1.29 is 32.1 Å². The first kappa shape index (κ1) is 25.5. The highest BCUT2D eigenvalue weighted by molar-refractivity contribution is 8.13. The first-order valence-electron chi connectivity index (χ1n) is 10.3. The average Bonchev–Trinajstić information content (AvgIpc) is 3.29. The summed E-state index contributed by atoms with van der Waals surface area (Å²) in [5, 5.41) is 1.03. The number of nitrogens with zero attached hydrogens (tertiary/aromatic N) is 4. The molecular formula is C18H25ClFN6O6PS. The summed E-state index contributed by atoms with van der Waals surface area (Å²) in [4.78, 5) is 24.4. The van der Waals surface area contributed by atoms with Crippen LogP contribution in [0, 0.1) is 5.41 Å². The molecular weight excluding hydrogens is 514 g/mol. The Hall–Kier alpha value is -1.54. The van der Waals surface area contributed by atoms with E-state index in [0.29, 0.717) is 11.3 Å². The molecule has 16 heteroatoms. The van der Waals surface area contributed by atoms with Crippen molar-refractivity contribution in [2.45, 2.75) is 44.3 Å². The van der Waals surface area contributed by atoms with E-state index < -0.39 is 43.4 Å². The Morgan fingerprint density at radius 1 is 1.50 bits per heavy atom. The van der Waals surface area contributed by atoms with E-state index in [4.69, 9.17) is 35.6 Å². The van der Waals surface area contributed by atoms with Gasteiger partial charge in [0.05, 0.1) is 12.9 Å². The van der Waals surface area contributed by atoms with Crippen LogP contribution in [0.1, 0.15) is 27.0 Å². The number of hydrogen-bond donors (Lipinski definition) is 2. The number of phosphoric ester groups is 1. The van der Waals surface area contributed by atoms with Crippen molar-refractivity contribution in [1.82, 2.24) is 19.5 Å². The number of ether oxygens (including phenoxy) is 1. The van der Waals surface area contributed by atoms with Crippen LogP contribution in [0.25, 0.3) is 11.2 Å². The fourth-order valence-electron chi connectivity index (χ4n) is 3.38. The number of alkyl halides is 2. The third kappa shape index (κ3) is 4.77. The number of anilines is 2. The summed E-state index contributed by atoms with van der Waals surface area (Å²) in [7, 11) is -2.51.